The maximum Gasteiger partial charge on any atom is 0.0928 e. The van der Waals surface area contributed by atoms with Gasteiger partial charge in [-0.1, -0.05) is 30.7 Å². The highest BCUT2D eigenvalue weighted by Crippen LogP contribution is 2.19. The van der Waals surface area contributed by atoms with Crippen LogP contribution >= 0.6 is 11.6 Å². The van der Waals surface area contributed by atoms with Crippen molar-refractivity contribution in [1.82, 2.24) is 5.32 Å². The number of benzene rings is 1. The summed E-state index contributed by atoms with van der Waals surface area (Å²) in [5.41, 5.74) is 1.24. The summed E-state index contributed by atoms with van der Waals surface area (Å²) in [6.45, 7) is 3.52. The smallest absolute Gasteiger partial charge is 0.0928 e. The van der Waals surface area contributed by atoms with E-state index in [9.17, 15) is 0 Å². The summed E-state index contributed by atoms with van der Waals surface area (Å²) in [7, 11) is 3.39. The highest BCUT2D eigenvalue weighted by atomic mass is 35.5. The molecule has 0 aliphatic rings. The molecule has 0 aromatic heterocycles. The van der Waals surface area contributed by atoms with Crippen LogP contribution in [0.25, 0.3) is 0 Å². The van der Waals surface area contributed by atoms with E-state index in [1.54, 1.807) is 14.2 Å². The molecule has 1 rings (SSSR count). The summed E-state index contributed by atoms with van der Waals surface area (Å²) in [6, 6.07) is 8.27. The fraction of sp³-hybridized carbons (Fsp3) is 0.571. The molecule has 0 fully saturated rings. The number of ether oxygens (including phenoxy) is 2. The van der Waals surface area contributed by atoms with Crippen LogP contribution in [-0.4, -0.2) is 33.5 Å². The molecule has 1 N–H and O–H groups in total. The molecule has 0 saturated carbocycles. The molecule has 2 atom stereocenters. The van der Waals surface area contributed by atoms with Gasteiger partial charge in [0, 0.05) is 31.8 Å². The number of hydrogen-bond acceptors (Lipinski definition) is 3. The van der Waals surface area contributed by atoms with Gasteiger partial charge in [0.25, 0.3) is 0 Å². The van der Waals surface area contributed by atoms with Crippen LogP contribution in [0.3, 0.4) is 0 Å². The van der Waals surface area contributed by atoms with E-state index in [0.29, 0.717) is 12.6 Å². The summed E-state index contributed by atoms with van der Waals surface area (Å²) in [5, 5.41) is 4.26. The van der Waals surface area contributed by atoms with E-state index >= 15 is 0 Å². The number of nitrogens with one attached hydrogen (secondary N) is 1. The Morgan fingerprint density at radius 3 is 2.39 bits per heavy atom. The van der Waals surface area contributed by atoms with Gasteiger partial charge in [0.05, 0.1) is 12.7 Å². The predicted molar refractivity (Wildman–Crippen MR) is 75.2 cm³/mol. The third-order valence-corrected chi connectivity index (χ3v) is 3.21. The third kappa shape index (κ3) is 4.94. The highest BCUT2D eigenvalue weighted by Gasteiger charge is 2.12. The molecule has 1 aromatic carbocycles. The summed E-state index contributed by atoms with van der Waals surface area (Å²) in [5.74, 6) is 0. The first-order valence-electron chi connectivity index (χ1n) is 6.21. The lowest BCUT2D eigenvalue weighted by Crippen LogP contribution is -2.34. The van der Waals surface area contributed by atoms with Gasteiger partial charge in [0.2, 0.25) is 0 Å². The minimum atomic E-state index is 0.0800. The van der Waals surface area contributed by atoms with Crippen LogP contribution < -0.4 is 5.32 Å². The van der Waals surface area contributed by atoms with Crippen molar-refractivity contribution < 1.29 is 9.47 Å². The van der Waals surface area contributed by atoms with Crippen LogP contribution in [0.4, 0.5) is 0 Å². The van der Waals surface area contributed by atoms with Crippen LogP contribution in [0.5, 0.6) is 0 Å². The standard InChI is InChI=1S/C14H22ClNO2/c1-4-14(11-5-7-12(15)8-6-11)16-9-13(18-3)10-17-2/h5-8,13-14,16H,4,9-10H2,1-3H3. The van der Waals surface area contributed by atoms with Crippen molar-refractivity contribution in [3.8, 4) is 0 Å². The monoisotopic (exact) mass is 271 g/mol. The second kappa shape index (κ2) is 8.48. The topological polar surface area (TPSA) is 30.5 Å². The molecular weight excluding hydrogens is 250 g/mol. The lowest BCUT2D eigenvalue weighted by molar-refractivity contribution is 0.0272. The van der Waals surface area contributed by atoms with Crippen LogP contribution in [0.2, 0.25) is 5.02 Å². The molecule has 2 unspecified atom stereocenters. The number of rotatable bonds is 8. The van der Waals surface area contributed by atoms with Crippen molar-refractivity contribution in [2.45, 2.75) is 25.5 Å². The molecule has 0 radical (unpaired) electrons. The molecule has 18 heavy (non-hydrogen) atoms. The average molecular weight is 272 g/mol. The van der Waals surface area contributed by atoms with Crippen LogP contribution in [0.15, 0.2) is 24.3 Å². The van der Waals surface area contributed by atoms with E-state index in [0.717, 1.165) is 18.0 Å². The van der Waals surface area contributed by atoms with Crippen LogP contribution in [0, 0.1) is 0 Å². The summed E-state index contributed by atoms with van der Waals surface area (Å²) < 4.78 is 10.4. The van der Waals surface area contributed by atoms with Crippen LogP contribution in [0.1, 0.15) is 24.9 Å². The Morgan fingerprint density at radius 1 is 1.22 bits per heavy atom. The van der Waals surface area contributed by atoms with Crippen molar-refractivity contribution in [2.24, 2.45) is 0 Å². The Balaban J connectivity index is 2.53. The van der Waals surface area contributed by atoms with Gasteiger partial charge < -0.3 is 14.8 Å². The minimum absolute atomic E-state index is 0.0800. The second-order valence-corrected chi connectivity index (χ2v) is 4.67. The maximum atomic E-state index is 5.89. The van der Waals surface area contributed by atoms with Gasteiger partial charge in [0.15, 0.2) is 0 Å². The molecule has 0 heterocycles. The van der Waals surface area contributed by atoms with Gasteiger partial charge in [-0.15, -0.1) is 0 Å². The molecule has 1 aromatic rings. The number of hydrogen-bond donors (Lipinski definition) is 1. The van der Waals surface area contributed by atoms with E-state index in [1.807, 2.05) is 12.1 Å². The van der Waals surface area contributed by atoms with Gasteiger partial charge >= 0.3 is 0 Å². The first-order valence-corrected chi connectivity index (χ1v) is 6.59. The zero-order chi connectivity index (χ0) is 13.4. The fourth-order valence-electron chi connectivity index (χ4n) is 1.86. The van der Waals surface area contributed by atoms with Gasteiger partial charge in [-0.3, -0.25) is 0 Å². The molecule has 102 valence electrons. The molecule has 0 saturated heterocycles. The van der Waals surface area contributed by atoms with E-state index in [-0.39, 0.29) is 6.10 Å². The highest BCUT2D eigenvalue weighted by molar-refractivity contribution is 6.30. The Kier molecular flexibility index (Phi) is 7.28. The SMILES string of the molecule is CCC(NCC(COC)OC)c1ccc(Cl)cc1. The van der Waals surface area contributed by atoms with Crippen molar-refractivity contribution >= 4 is 11.6 Å². The average Bonchev–Trinajstić information content (AvgIpc) is 2.40. The van der Waals surface area contributed by atoms with Gasteiger partial charge in [-0.2, -0.15) is 0 Å². The van der Waals surface area contributed by atoms with Crippen molar-refractivity contribution in [3.63, 3.8) is 0 Å². The number of halogens is 1. The lowest BCUT2D eigenvalue weighted by atomic mass is 10.0. The summed E-state index contributed by atoms with van der Waals surface area (Å²) in [6.07, 6.45) is 1.10. The molecule has 3 nitrogen and oxygen atoms in total. The first kappa shape index (κ1) is 15.4. The van der Waals surface area contributed by atoms with Gasteiger partial charge in [-0.05, 0) is 24.1 Å². The molecule has 0 amide bonds. The van der Waals surface area contributed by atoms with E-state index in [1.165, 1.54) is 5.56 Å². The maximum absolute atomic E-state index is 5.89. The Bertz CT molecular complexity index is 329. The molecule has 0 aliphatic heterocycles. The molecule has 0 bridgehead atoms. The first-order chi connectivity index (χ1) is 8.71. The van der Waals surface area contributed by atoms with Crippen molar-refractivity contribution in [1.29, 1.82) is 0 Å². The zero-order valence-electron chi connectivity index (χ0n) is 11.3. The van der Waals surface area contributed by atoms with Gasteiger partial charge in [-0.25, -0.2) is 0 Å². The summed E-state index contributed by atoms with van der Waals surface area (Å²) >= 11 is 5.89. The van der Waals surface area contributed by atoms with Crippen molar-refractivity contribution in [3.05, 3.63) is 34.9 Å². The van der Waals surface area contributed by atoms with E-state index in [2.05, 4.69) is 24.4 Å². The molecule has 0 spiro atoms. The fourth-order valence-corrected chi connectivity index (χ4v) is 1.99. The largest absolute Gasteiger partial charge is 0.382 e. The van der Waals surface area contributed by atoms with E-state index in [4.69, 9.17) is 21.1 Å². The Labute approximate surface area is 114 Å². The summed E-state index contributed by atoms with van der Waals surface area (Å²) in [4.78, 5) is 0. The van der Waals surface area contributed by atoms with Crippen molar-refractivity contribution in [2.75, 3.05) is 27.4 Å². The molecule has 4 heteroatoms. The quantitative estimate of drug-likeness (QED) is 0.788. The minimum Gasteiger partial charge on any atom is -0.382 e. The van der Waals surface area contributed by atoms with Gasteiger partial charge in [0.1, 0.15) is 0 Å². The normalized spacial score (nSPS) is 14.4. The third-order valence-electron chi connectivity index (χ3n) is 2.96. The Hall–Kier alpha value is -0.610. The lowest BCUT2D eigenvalue weighted by Gasteiger charge is -2.21. The Morgan fingerprint density at radius 2 is 1.89 bits per heavy atom. The van der Waals surface area contributed by atoms with E-state index < -0.39 is 0 Å². The van der Waals surface area contributed by atoms with Crippen LogP contribution in [-0.2, 0) is 9.47 Å². The second-order valence-electron chi connectivity index (χ2n) is 4.23. The zero-order valence-corrected chi connectivity index (χ0v) is 12.0. The molecular formula is C14H22ClNO2. The molecule has 0 aliphatic carbocycles. The predicted octanol–water partition coefficient (Wildman–Crippen LogP) is 3.04. The number of methoxy groups -OCH3 is 2.